The fourth-order valence-electron chi connectivity index (χ4n) is 3.23. The van der Waals surface area contributed by atoms with Crippen LogP contribution in [0.2, 0.25) is 0 Å². The summed E-state index contributed by atoms with van der Waals surface area (Å²) >= 11 is 0. The molecule has 2 aromatic heterocycles. The van der Waals surface area contributed by atoms with Gasteiger partial charge in [-0.15, -0.1) is 0 Å². The second-order valence-corrected chi connectivity index (χ2v) is 6.34. The first-order valence-corrected chi connectivity index (χ1v) is 8.37. The molecule has 1 atom stereocenters. The minimum Gasteiger partial charge on any atom is -0.316 e. The van der Waals surface area contributed by atoms with Crippen LogP contribution in [0.3, 0.4) is 0 Å². The molecule has 0 aliphatic carbocycles. The molecule has 6 nitrogen and oxygen atoms in total. The minimum atomic E-state index is -4.51. The van der Waals surface area contributed by atoms with Gasteiger partial charge in [0.15, 0.2) is 0 Å². The van der Waals surface area contributed by atoms with Gasteiger partial charge in [-0.1, -0.05) is 0 Å². The molecule has 26 heavy (non-hydrogen) atoms. The molecule has 140 valence electrons. The predicted molar refractivity (Wildman–Crippen MR) is 89.5 cm³/mol. The molecule has 0 saturated carbocycles. The number of hydrogen-bond donors (Lipinski definition) is 1. The number of carbonyl (C=O) groups is 1. The zero-order valence-corrected chi connectivity index (χ0v) is 14.5. The lowest BCUT2D eigenvalue weighted by Crippen LogP contribution is -2.42. The third-order valence-electron chi connectivity index (χ3n) is 4.58. The van der Waals surface area contributed by atoms with E-state index < -0.39 is 11.9 Å². The van der Waals surface area contributed by atoms with E-state index in [2.05, 4.69) is 15.4 Å². The van der Waals surface area contributed by atoms with E-state index in [0.29, 0.717) is 6.54 Å². The number of anilines is 1. The van der Waals surface area contributed by atoms with Crippen molar-refractivity contribution < 1.29 is 18.0 Å². The fraction of sp³-hybridized carbons (Fsp3) is 0.471. The molecule has 1 aliphatic heterocycles. The van der Waals surface area contributed by atoms with Crippen LogP contribution in [0.5, 0.6) is 0 Å². The molecular weight excluding hydrogens is 347 g/mol. The number of nitrogens with one attached hydrogen (secondary N) is 1. The highest BCUT2D eigenvalue weighted by molar-refractivity contribution is 5.90. The van der Waals surface area contributed by atoms with E-state index in [0.717, 1.165) is 31.0 Å². The topological polar surface area (TPSA) is 63.1 Å². The summed E-state index contributed by atoms with van der Waals surface area (Å²) in [6.07, 6.45) is -0.127. The number of alkyl halides is 3. The van der Waals surface area contributed by atoms with Crippen LogP contribution in [0.15, 0.2) is 24.4 Å². The van der Waals surface area contributed by atoms with Gasteiger partial charge in [-0.3, -0.25) is 4.68 Å². The highest BCUT2D eigenvalue weighted by atomic mass is 19.4. The Morgan fingerprint density at radius 1 is 1.27 bits per heavy atom. The third kappa shape index (κ3) is 3.66. The monoisotopic (exact) mass is 367 g/mol. The van der Waals surface area contributed by atoms with E-state index in [1.807, 2.05) is 13.1 Å². The maximum atomic E-state index is 12.8. The lowest BCUT2D eigenvalue weighted by atomic mass is 9.99. The van der Waals surface area contributed by atoms with Crippen LogP contribution >= 0.6 is 0 Å². The van der Waals surface area contributed by atoms with Crippen LogP contribution in [0.4, 0.5) is 23.7 Å². The number of amides is 2. The van der Waals surface area contributed by atoms with Crippen LogP contribution < -0.4 is 5.32 Å². The van der Waals surface area contributed by atoms with Gasteiger partial charge in [0.05, 0.1) is 23.1 Å². The molecule has 2 aromatic rings. The van der Waals surface area contributed by atoms with Crippen LogP contribution in [-0.2, 0) is 13.2 Å². The Kier molecular flexibility index (Phi) is 4.88. The Bertz CT molecular complexity index is 802. The number of urea groups is 1. The van der Waals surface area contributed by atoms with E-state index in [-0.39, 0.29) is 23.5 Å². The smallest absolute Gasteiger partial charge is 0.316 e. The average Bonchev–Trinajstić information content (AvgIpc) is 3.01. The molecule has 1 N–H and O–H groups in total. The molecule has 0 bridgehead atoms. The molecule has 3 rings (SSSR count). The van der Waals surface area contributed by atoms with Crippen molar-refractivity contribution in [1.82, 2.24) is 19.7 Å². The molecule has 0 radical (unpaired) electrons. The quantitative estimate of drug-likeness (QED) is 0.876. The number of halogens is 3. The average molecular weight is 367 g/mol. The third-order valence-corrected chi connectivity index (χ3v) is 4.58. The van der Waals surface area contributed by atoms with Crippen LogP contribution in [0.1, 0.15) is 42.4 Å². The summed E-state index contributed by atoms with van der Waals surface area (Å²) in [6.45, 7) is 2.02. The Labute approximate surface area is 149 Å². The number of aromatic nitrogens is 3. The van der Waals surface area contributed by atoms with Crippen molar-refractivity contribution in [3.8, 4) is 0 Å². The lowest BCUT2D eigenvalue weighted by molar-refractivity contribution is -0.141. The second-order valence-electron chi connectivity index (χ2n) is 6.34. The minimum absolute atomic E-state index is 0.112. The Balaban J connectivity index is 1.79. The molecule has 1 saturated heterocycles. The molecule has 2 amide bonds. The summed E-state index contributed by atoms with van der Waals surface area (Å²) in [5.41, 5.74) is 0.362. The maximum Gasteiger partial charge on any atom is 0.433 e. The first-order valence-electron chi connectivity index (χ1n) is 8.37. The maximum absolute atomic E-state index is 12.8. The van der Waals surface area contributed by atoms with Gasteiger partial charge >= 0.3 is 12.2 Å². The van der Waals surface area contributed by atoms with Crippen molar-refractivity contribution in [2.75, 3.05) is 11.9 Å². The van der Waals surface area contributed by atoms with Crippen LogP contribution in [0.25, 0.3) is 0 Å². The van der Waals surface area contributed by atoms with Crippen LogP contribution in [0, 0.1) is 6.92 Å². The zero-order chi connectivity index (χ0) is 18.9. The van der Waals surface area contributed by atoms with Crippen molar-refractivity contribution in [2.45, 2.75) is 38.4 Å². The normalized spacial score (nSPS) is 18.0. The zero-order valence-electron chi connectivity index (χ0n) is 14.5. The van der Waals surface area contributed by atoms with Crippen molar-refractivity contribution in [2.24, 2.45) is 7.05 Å². The first-order chi connectivity index (χ1) is 12.3. The number of likely N-dealkylation sites (tertiary alicyclic amines) is 1. The summed E-state index contributed by atoms with van der Waals surface area (Å²) in [7, 11) is 1.82. The number of rotatable bonds is 2. The van der Waals surface area contributed by atoms with E-state index in [1.165, 1.54) is 13.0 Å². The number of hydrogen-bond acceptors (Lipinski definition) is 3. The molecule has 1 aliphatic rings. The number of aryl methyl sites for hydroxylation is 2. The lowest BCUT2D eigenvalue weighted by Gasteiger charge is -2.35. The predicted octanol–water partition coefficient (Wildman–Crippen LogP) is 3.90. The Morgan fingerprint density at radius 2 is 2.04 bits per heavy atom. The van der Waals surface area contributed by atoms with Gasteiger partial charge in [-0.2, -0.15) is 18.3 Å². The van der Waals surface area contributed by atoms with E-state index in [1.54, 1.807) is 15.8 Å². The fourth-order valence-corrected chi connectivity index (χ4v) is 3.23. The number of pyridine rings is 1. The second kappa shape index (κ2) is 6.97. The van der Waals surface area contributed by atoms with E-state index >= 15 is 0 Å². The van der Waals surface area contributed by atoms with Crippen molar-refractivity contribution >= 4 is 11.7 Å². The Morgan fingerprint density at radius 3 is 2.65 bits per heavy atom. The van der Waals surface area contributed by atoms with Crippen molar-refractivity contribution in [3.63, 3.8) is 0 Å². The van der Waals surface area contributed by atoms with Gasteiger partial charge in [0.1, 0.15) is 5.69 Å². The highest BCUT2D eigenvalue weighted by Gasteiger charge is 2.33. The summed E-state index contributed by atoms with van der Waals surface area (Å²) in [5.74, 6) is 0. The van der Waals surface area contributed by atoms with Gasteiger partial charge in [0.25, 0.3) is 0 Å². The standard InChI is InChI=1S/C17H20F3N5O/c1-11-12(6-7-15(22-11)17(18,19)20)23-16(26)25-10-4-3-5-14(25)13-8-9-21-24(13)2/h6-9,14H,3-5,10H2,1-2H3,(H,23,26). The molecule has 3 heterocycles. The molecule has 0 aromatic carbocycles. The van der Waals surface area contributed by atoms with Gasteiger partial charge in [-0.25, -0.2) is 9.78 Å². The van der Waals surface area contributed by atoms with Crippen molar-refractivity contribution in [1.29, 1.82) is 0 Å². The molecule has 9 heteroatoms. The summed E-state index contributed by atoms with van der Waals surface area (Å²) in [6, 6.07) is 3.53. The molecule has 1 unspecified atom stereocenters. The number of piperidine rings is 1. The summed E-state index contributed by atoms with van der Waals surface area (Å²) in [4.78, 5) is 18.0. The molecule has 1 fully saturated rings. The van der Waals surface area contributed by atoms with Gasteiger partial charge in [0.2, 0.25) is 0 Å². The summed E-state index contributed by atoms with van der Waals surface area (Å²) < 4.78 is 39.9. The molecule has 0 spiro atoms. The first kappa shape index (κ1) is 18.2. The molecular formula is C17H20F3N5O. The van der Waals surface area contributed by atoms with Crippen molar-refractivity contribution in [3.05, 3.63) is 41.5 Å². The number of carbonyl (C=O) groups excluding carboxylic acids is 1. The SMILES string of the molecule is Cc1nc(C(F)(F)F)ccc1NC(=O)N1CCCCC1c1ccnn1C. The van der Waals surface area contributed by atoms with E-state index in [9.17, 15) is 18.0 Å². The van der Waals surface area contributed by atoms with E-state index in [4.69, 9.17) is 0 Å². The summed E-state index contributed by atoms with van der Waals surface area (Å²) in [5, 5.41) is 6.86. The largest absolute Gasteiger partial charge is 0.433 e. The van der Waals surface area contributed by atoms with Gasteiger partial charge in [0, 0.05) is 19.8 Å². The number of nitrogens with zero attached hydrogens (tertiary/aromatic N) is 4. The van der Waals surface area contributed by atoms with Gasteiger partial charge < -0.3 is 10.2 Å². The highest BCUT2D eigenvalue weighted by Crippen LogP contribution is 2.32. The Hall–Kier alpha value is -2.58. The van der Waals surface area contributed by atoms with Gasteiger partial charge in [-0.05, 0) is 44.4 Å². The van der Waals surface area contributed by atoms with Crippen LogP contribution in [-0.4, -0.2) is 32.2 Å².